The van der Waals surface area contributed by atoms with Crippen molar-refractivity contribution in [3.05, 3.63) is 60.0 Å². The van der Waals surface area contributed by atoms with E-state index in [2.05, 4.69) is 9.48 Å². The third-order valence-electron chi connectivity index (χ3n) is 6.73. The van der Waals surface area contributed by atoms with Gasteiger partial charge in [-0.25, -0.2) is 21.4 Å². The Bertz CT molecular complexity index is 1770. The third-order valence-corrected chi connectivity index (χ3v) is 8.43. The van der Waals surface area contributed by atoms with Gasteiger partial charge in [-0.2, -0.15) is 0 Å². The van der Waals surface area contributed by atoms with Gasteiger partial charge in [0, 0.05) is 53.0 Å². The first-order valence-corrected chi connectivity index (χ1v) is 15.1. The van der Waals surface area contributed by atoms with Gasteiger partial charge in [0.05, 0.1) is 15.9 Å². The van der Waals surface area contributed by atoms with Crippen LogP contribution >= 0.6 is 0 Å². The van der Waals surface area contributed by atoms with Crippen LogP contribution in [-0.2, 0) is 20.2 Å². The SMILES string of the molecule is CCN(CC)c1ccc2c(-c3ccc(S(=O)(=O)[O-])cc3S(=O)(=O)[O-])c3ccc(=[N+](CC)CC)cc-3oc2c1.[Li+]. The minimum absolute atomic E-state index is 0. The third kappa shape index (κ3) is 6.09. The Morgan fingerprint density at radius 1 is 0.795 bits per heavy atom. The minimum Gasteiger partial charge on any atom is -0.744 e. The Morgan fingerprint density at radius 3 is 2.00 bits per heavy atom. The monoisotopic (exact) mass is 564 g/mol. The quantitative estimate of drug-likeness (QED) is 0.132. The molecule has 39 heavy (non-hydrogen) atoms. The summed E-state index contributed by atoms with van der Waals surface area (Å²) < 4.78 is 80.3. The normalized spacial score (nSPS) is 11.9. The number of nitrogens with zero attached hydrogens (tertiary/aromatic N) is 2. The Hall–Kier alpha value is -2.65. The van der Waals surface area contributed by atoms with E-state index in [-0.39, 0.29) is 24.4 Å². The summed E-state index contributed by atoms with van der Waals surface area (Å²) in [5.41, 5.74) is 2.28. The first-order chi connectivity index (χ1) is 17.9. The Kier molecular flexibility index (Phi) is 9.38. The molecule has 0 unspecified atom stereocenters. The molecule has 1 aliphatic carbocycles. The number of hydrogen-bond acceptors (Lipinski definition) is 8. The van der Waals surface area contributed by atoms with Crippen molar-refractivity contribution in [1.82, 2.24) is 4.58 Å². The van der Waals surface area contributed by atoms with Crippen LogP contribution in [0.4, 0.5) is 5.69 Å². The second kappa shape index (κ2) is 11.8. The van der Waals surface area contributed by atoms with Gasteiger partial charge in [-0.1, -0.05) is 6.07 Å². The van der Waals surface area contributed by atoms with Crippen molar-refractivity contribution >= 4 is 36.9 Å². The van der Waals surface area contributed by atoms with E-state index in [0.717, 1.165) is 43.3 Å². The van der Waals surface area contributed by atoms with Crippen molar-refractivity contribution in [1.29, 1.82) is 0 Å². The van der Waals surface area contributed by atoms with Gasteiger partial charge in [0.1, 0.15) is 44.7 Å². The summed E-state index contributed by atoms with van der Waals surface area (Å²) in [5.74, 6) is 0.461. The van der Waals surface area contributed by atoms with E-state index in [1.165, 1.54) is 6.07 Å². The molecule has 0 atom stereocenters. The molecule has 2 aliphatic rings. The zero-order chi connectivity index (χ0) is 27.8. The number of hydrogen-bond donors (Lipinski definition) is 0. The molecule has 0 aromatic heterocycles. The fourth-order valence-corrected chi connectivity index (χ4v) is 6.08. The van der Waals surface area contributed by atoms with Crippen molar-refractivity contribution in [2.75, 3.05) is 31.1 Å². The van der Waals surface area contributed by atoms with Crippen LogP contribution in [0.3, 0.4) is 0 Å². The fraction of sp³-hybridized carbons (Fsp3) is 0.296. The van der Waals surface area contributed by atoms with E-state index in [1.807, 2.05) is 52.0 Å². The predicted octanol–water partition coefficient (Wildman–Crippen LogP) is 0.675. The molecule has 0 bridgehead atoms. The molecule has 12 heteroatoms. The second-order valence-electron chi connectivity index (χ2n) is 8.75. The summed E-state index contributed by atoms with van der Waals surface area (Å²) in [6, 6.07) is 13.9. The second-order valence-corrected chi connectivity index (χ2v) is 11.5. The molecule has 2 aromatic carbocycles. The van der Waals surface area contributed by atoms with E-state index < -0.39 is 30.0 Å². The standard InChI is InChI=1S/C27H30N2O7S2.Li/c1-5-28(6-2)18-9-12-21-24(15-18)36-25-16-19(29(7-3)8-4)10-13-22(25)27(21)23-14-11-20(37(30,31)32)17-26(23)38(33,34)35;/h9-17H,5-8H2,1-4H3,(H-,30,31,32,33,34,35);/q;+1/p-1. The van der Waals surface area contributed by atoms with Crippen molar-refractivity contribution in [3.8, 4) is 22.5 Å². The van der Waals surface area contributed by atoms with Crippen LogP contribution in [0.5, 0.6) is 0 Å². The zero-order valence-electron chi connectivity index (χ0n) is 22.6. The molecular weight excluding hydrogens is 535 g/mol. The maximum absolute atomic E-state index is 12.3. The molecule has 0 saturated carbocycles. The Balaban J connectivity index is 0.00000420. The van der Waals surface area contributed by atoms with Crippen LogP contribution in [0.2, 0.25) is 0 Å². The molecular formula is C27H29LiN2O7S2. The molecule has 0 spiro atoms. The summed E-state index contributed by atoms with van der Waals surface area (Å²) >= 11 is 0. The van der Waals surface area contributed by atoms with Gasteiger partial charge in [-0.05, 0) is 58.0 Å². The van der Waals surface area contributed by atoms with Gasteiger partial charge in [-0.15, -0.1) is 0 Å². The van der Waals surface area contributed by atoms with Crippen molar-refractivity contribution < 1.29 is 49.2 Å². The summed E-state index contributed by atoms with van der Waals surface area (Å²) in [6.45, 7) is 11.2. The summed E-state index contributed by atoms with van der Waals surface area (Å²) in [6.07, 6.45) is 0. The minimum atomic E-state index is -5.16. The molecule has 0 N–H and O–H groups in total. The van der Waals surface area contributed by atoms with Crippen LogP contribution in [-0.4, -0.2) is 52.1 Å². The topological polar surface area (TPSA) is 134 Å². The van der Waals surface area contributed by atoms with Crippen molar-refractivity contribution in [3.63, 3.8) is 0 Å². The van der Waals surface area contributed by atoms with Crippen LogP contribution in [0, 0.1) is 0 Å². The average molecular weight is 565 g/mol. The van der Waals surface area contributed by atoms with Gasteiger partial charge < -0.3 is 18.4 Å². The molecule has 9 nitrogen and oxygen atoms in total. The van der Waals surface area contributed by atoms with Gasteiger partial charge in [0.2, 0.25) is 5.36 Å². The van der Waals surface area contributed by atoms with E-state index in [4.69, 9.17) is 4.42 Å². The van der Waals surface area contributed by atoms with Crippen LogP contribution in [0.15, 0.2) is 68.8 Å². The van der Waals surface area contributed by atoms with Crippen molar-refractivity contribution in [2.45, 2.75) is 37.5 Å². The molecule has 1 aliphatic heterocycles. The molecule has 0 fully saturated rings. The fourth-order valence-electron chi connectivity index (χ4n) is 4.80. The summed E-state index contributed by atoms with van der Waals surface area (Å²) in [7, 11) is -10.2. The van der Waals surface area contributed by atoms with E-state index in [9.17, 15) is 25.9 Å². The summed E-state index contributed by atoms with van der Waals surface area (Å²) in [5, 5.41) is 1.44. The first-order valence-electron chi connectivity index (χ1n) is 12.3. The van der Waals surface area contributed by atoms with E-state index in [1.54, 1.807) is 12.1 Å². The van der Waals surface area contributed by atoms with Crippen LogP contribution < -0.4 is 33.7 Å². The average Bonchev–Trinajstić information content (AvgIpc) is 2.87. The van der Waals surface area contributed by atoms with Gasteiger partial charge in [0.25, 0.3) is 0 Å². The van der Waals surface area contributed by atoms with Gasteiger partial charge >= 0.3 is 18.9 Å². The van der Waals surface area contributed by atoms with Crippen LogP contribution in [0.25, 0.3) is 33.4 Å². The zero-order valence-corrected chi connectivity index (χ0v) is 24.2. The maximum atomic E-state index is 12.3. The predicted molar refractivity (Wildman–Crippen MR) is 144 cm³/mol. The van der Waals surface area contributed by atoms with E-state index in [0.29, 0.717) is 33.9 Å². The van der Waals surface area contributed by atoms with Gasteiger partial charge in [0.15, 0.2) is 0 Å². The molecule has 0 saturated heterocycles. The maximum Gasteiger partial charge on any atom is 1.00 e. The Labute approximate surface area is 240 Å². The largest absolute Gasteiger partial charge is 1.00 e. The smallest absolute Gasteiger partial charge is 0.744 e. The number of rotatable bonds is 8. The van der Waals surface area contributed by atoms with E-state index >= 15 is 0 Å². The van der Waals surface area contributed by atoms with Crippen LogP contribution in [0.1, 0.15) is 27.7 Å². The molecule has 0 radical (unpaired) electrons. The van der Waals surface area contributed by atoms with Crippen molar-refractivity contribution in [2.24, 2.45) is 0 Å². The number of benzene rings is 3. The number of fused-ring (bicyclic) bond motifs is 2. The molecule has 0 amide bonds. The molecule has 202 valence electrons. The Morgan fingerprint density at radius 2 is 1.44 bits per heavy atom. The number of anilines is 1. The van der Waals surface area contributed by atoms with Gasteiger partial charge in [-0.3, -0.25) is 0 Å². The molecule has 1 heterocycles. The first kappa shape index (κ1) is 30.9. The summed E-state index contributed by atoms with van der Waals surface area (Å²) in [4.78, 5) is 0.550. The molecule has 2 aromatic rings. The molecule has 4 rings (SSSR count).